The Morgan fingerprint density at radius 1 is 1.33 bits per heavy atom. The number of methoxy groups -OCH3 is 1. The highest BCUT2D eigenvalue weighted by atomic mass is 16.5. The van der Waals surface area contributed by atoms with Crippen molar-refractivity contribution in [3.8, 4) is 5.75 Å². The van der Waals surface area contributed by atoms with Crippen molar-refractivity contribution in [2.45, 2.75) is 13.0 Å². The van der Waals surface area contributed by atoms with Gasteiger partial charge in [-0.2, -0.15) is 0 Å². The molecule has 1 aliphatic rings. The summed E-state index contributed by atoms with van der Waals surface area (Å²) >= 11 is 0. The maximum Gasteiger partial charge on any atom is 0.123 e. The van der Waals surface area contributed by atoms with Crippen LogP contribution in [0.3, 0.4) is 0 Å². The van der Waals surface area contributed by atoms with E-state index in [0.29, 0.717) is 6.42 Å². The molecule has 0 bridgehead atoms. The van der Waals surface area contributed by atoms with Crippen molar-refractivity contribution in [2.75, 3.05) is 40.0 Å². The Kier molecular flexibility index (Phi) is 4.99. The van der Waals surface area contributed by atoms with E-state index in [-0.39, 0.29) is 6.61 Å². The van der Waals surface area contributed by atoms with Crippen molar-refractivity contribution in [1.82, 2.24) is 4.90 Å². The second kappa shape index (κ2) is 6.73. The molecule has 0 amide bonds. The largest absolute Gasteiger partial charge is 0.496 e. The molecule has 1 fully saturated rings. The van der Waals surface area contributed by atoms with Crippen molar-refractivity contribution in [3.05, 3.63) is 29.3 Å². The standard InChI is InChI=1S/C14H21NO3/c1-17-14-3-2-12(4-7-16)10-13(14)11-15-5-8-18-9-6-15/h2-3,10,16H,4-9,11H2,1H3. The summed E-state index contributed by atoms with van der Waals surface area (Å²) in [5.41, 5.74) is 2.34. The fourth-order valence-electron chi connectivity index (χ4n) is 2.24. The fourth-order valence-corrected chi connectivity index (χ4v) is 2.24. The van der Waals surface area contributed by atoms with Gasteiger partial charge in [-0.25, -0.2) is 0 Å². The van der Waals surface area contributed by atoms with Crippen LogP contribution in [-0.4, -0.2) is 50.0 Å². The normalized spacial score (nSPS) is 16.8. The third-order valence-electron chi connectivity index (χ3n) is 3.24. The van der Waals surface area contributed by atoms with Crippen LogP contribution in [0.25, 0.3) is 0 Å². The summed E-state index contributed by atoms with van der Waals surface area (Å²) in [7, 11) is 1.70. The maximum absolute atomic E-state index is 9.00. The topological polar surface area (TPSA) is 41.9 Å². The van der Waals surface area contributed by atoms with E-state index in [2.05, 4.69) is 11.0 Å². The smallest absolute Gasteiger partial charge is 0.123 e. The Morgan fingerprint density at radius 3 is 2.78 bits per heavy atom. The Hall–Kier alpha value is -1.10. The molecule has 1 saturated heterocycles. The molecule has 0 aromatic heterocycles. The molecule has 4 nitrogen and oxygen atoms in total. The van der Waals surface area contributed by atoms with Crippen LogP contribution < -0.4 is 4.74 Å². The first-order chi connectivity index (χ1) is 8.83. The average molecular weight is 251 g/mol. The SMILES string of the molecule is COc1ccc(CCO)cc1CN1CCOCC1. The molecular weight excluding hydrogens is 230 g/mol. The molecule has 1 aliphatic heterocycles. The fraction of sp³-hybridized carbons (Fsp3) is 0.571. The highest BCUT2D eigenvalue weighted by molar-refractivity contribution is 5.37. The third-order valence-corrected chi connectivity index (χ3v) is 3.24. The molecule has 100 valence electrons. The molecule has 0 radical (unpaired) electrons. The molecule has 4 heteroatoms. The maximum atomic E-state index is 9.00. The number of aliphatic hydroxyl groups is 1. The van der Waals surface area contributed by atoms with Crippen molar-refractivity contribution >= 4 is 0 Å². The predicted octanol–water partition coefficient (Wildman–Crippen LogP) is 1.06. The molecule has 0 atom stereocenters. The van der Waals surface area contributed by atoms with Crippen molar-refractivity contribution < 1.29 is 14.6 Å². The first kappa shape index (κ1) is 13.3. The molecule has 1 N–H and O–H groups in total. The van der Waals surface area contributed by atoms with Crippen LogP contribution in [0.4, 0.5) is 0 Å². The molecule has 1 aromatic carbocycles. The number of aliphatic hydroxyl groups excluding tert-OH is 1. The van der Waals surface area contributed by atoms with Gasteiger partial charge >= 0.3 is 0 Å². The van der Waals surface area contributed by atoms with Crippen LogP contribution in [0.1, 0.15) is 11.1 Å². The highest BCUT2D eigenvalue weighted by Gasteiger charge is 2.13. The summed E-state index contributed by atoms with van der Waals surface area (Å²) in [6, 6.07) is 6.13. The van der Waals surface area contributed by atoms with Gasteiger partial charge in [-0.1, -0.05) is 12.1 Å². The molecule has 18 heavy (non-hydrogen) atoms. The van der Waals surface area contributed by atoms with Gasteiger partial charge in [0.1, 0.15) is 5.75 Å². The summed E-state index contributed by atoms with van der Waals surface area (Å²) in [5.74, 6) is 0.920. The van der Waals surface area contributed by atoms with Gasteiger partial charge in [0.2, 0.25) is 0 Å². The number of benzene rings is 1. The van der Waals surface area contributed by atoms with Gasteiger partial charge in [0.05, 0.1) is 20.3 Å². The number of rotatable bonds is 5. The van der Waals surface area contributed by atoms with E-state index in [1.165, 1.54) is 5.56 Å². The summed E-state index contributed by atoms with van der Waals surface area (Å²) in [4.78, 5) is 2.37. The van der Waals surface area contributed by atoms with Gasteiger partial charge in [0.15, 0.2) is 0 Å². The molecule has 0 unspecified atom stereocenters. The summed E-state index contributed by atoms with van der Waals surface area (Å²) in [6.07, 6.45) is 0.695. The van der Waals surface area contributed by atoms with Gasteiger partial charge in [0, 0.05) is 31.8 Å². The van der Waals surface area contributed by atoms with Crippen LogP contribution in [0, 0.1) is 0 Å². The lowest BCUT2D eigenvalue weighted by Crippen LogP contribution is -2.35. The van der Waals surface area contributed by atoms with E-state index in [1.54, 1.807) is 7.11 Å². The van der Waals surface area contributed by atoms with E-state index in [0.717, 1.165) is 44.2 Å². The molecule has 2 rings (SSSR count). The lowest BCUT2D eigenvalue weighted by molar-refractivity contribution is 0.0339. The Morgan fingerprint density at radius 2 is 2.11 bits per heavy atom. The predicted molar refractivity (Wildman–Crippen MR) is 69.9 cm³/mol. The van der Waals surface area contributed by atoms with Gasteiger partial charge in [-0.05, 0) is 18.1 Å². The number of ether oxygens (including phenoxy) is 2. The lowest BCUT2D eigenvalue weighted by atomic mass is 10.1. The molecular formula is C14H21NO3. The van der Waals surface area contributed by atoms with Gasteiger partial charge in [-0.15, -0.1) is 0 Å². The van der Waals surface area contributed by atoms with Crippen LogP contribution in [-0.2, 0) is 17.7 Å². The van der Waals surface area contributed by atoms with E-state index < -0.39 is 0 Å². The van der Waals surface area contributed by atoms with Crippen LogP contribution >= 0.6 is 0 Å². The Bertz CT molecular complexity index is 375. The third kappa shape index (κ3) is 3.45. The number of hydrogen-bond donors (Lipinski definition) is 1. The van der Waals surface area contributed by atoms with Crippen molar-refractivity contribution in [3.63, 3.8) is 0 Å². The van der Waals surface area contributed by atoms with Crippen LogP contribution in [0.2, 0.25) is 0 Å². The summed E-state index contributed by atoms with van der Waals surface area (Å²) < 4.78 is 10.7. The molecule has 0 saturated carbocycles. The first-order valence-corrected chi connectivity index (χ1v) is 6.40. The van der Waals surface area contributed by atoms with Gasteiger partial charge < -0.3 is 14.6 Å². The molecule has 0 aliphatic carbocycles. The lowest BCUT2D eigenvalue weighted by Gasteiger charge is -2.27. The Labute approximate surface area is 108 Å². The van der Waals surface area contributed by atoms with Crippen LogP contribution in [0.5, 0.6) is 5.75 Å². The molecule has 1 aromatic rings. The number of hydrogen-bond acceptors (Lipinski definition) is 4. The van der Waals surface area contributed by atoms with Crippen molar-refractivity contribution in [1.29, 1.82) is 0 Å². The second-order valence-corrected chi connectivity index (χ2v) is 4.51. The average Bonchev–Trinajstić information content (AvgIpc) is 2.41. The first-order valence-electron chi connectivity index (χ1n) is 6.40. The molecule has 1 heterocycles. The summed E-state index contributed by atoms with van der Waals surface area (Å²) in [5, 5.41) is 9.00. The quantitative estimate of drug-likeness (QED) is 0.850. The minimum Gasteiger partial charge on any atom is -0.496 e. The van der Waals surface area contributed by atoms with E-state index in [4.69, 9.17) is 14.6 Å². The van der Waals surface area contributed by atoms with E-state index >= 15 is 0 Å². The molecule has 0 spiro atoms. The zero-order valence-electron chi connectivity index (χ0n) is 10.9. The zero-order chi connectivity index (χ0) is 12.8. The van der Waals surface area contributed by atoms with E-state index in [9.17, 15) is 0 Å². The summed E-state index contributed by atoms with van der Waals surface area (Å²) in [6.45, 7) is 4.60. The highest BCUT2D eigenvalue weighted by Crippen LogP contribution is 2.22. The minimum atomic E-state index is 0.184. The zero-order valence-corrected chi connectivity index (χ0v) is 10.9. The number of nitrogens with zero attached hydrogens (tertiary/aromatic N) is 1. The van der Waals surface area contributed by atoms with Gasteiger partial charge in [-0.3, -0.25) is 4.90 Å². The number of morpholine rings is 1. The van der Waals surface area contributed by atoms with Gasteiger partial charge in [0.25, 0.3) is 0 Å². The Balaban J connectivity index is 2.09. The van der Waals surface area contributed by atoms with Crippen LogP contribution in [0.15, 0.2) is 18.2 Å². The van der Waals surface area contributed by atoms with Crippen molar-refractivity contribution in [2.24, 2.45) is 0 Å². The monoisotopic (exact) mass is 251 g/mol. The van der Waals surface area contributed by atoms with E-state index in [1.807, 2.05) is 12.1 Å². The minimum absolute atomic E-state index is 0.184. The second-order valence-electron chi connectivity index (χ2n) is 4.51.